The summed E-state index contributed by atoms with van der Waals surface area (Å²) < 4.78 is 0. The summed E-state index contributed by atoms with van der Waals surface area (Å²) >= 11 is 0. The van der Waals surface area contributed by atoms with Gasteiger partial charge < -0.3 is 19.8 Å². The molecule has 4 nitrogen and oxygen atoms in total. The molecule has 0 amide bonds. The van der Waals surface area contributed by atoms with Crippen LogP contribution in [-0.2, 0) is 9.59 Å². The summed E-state index contributed by atoms with van der Waals surface area (Å²) in [4.78, 5) is 22.8. The molecule has 0 saturated heterocycles. The molecular weight excluding hydrogens is 497 g/mol. The molecule has 0 radical (unpaired) electrons. The molecule has 2 fully saturated rings. The molecule has 4 rings (SSSR count). The van der Waals surface area contributed by atoms with Gasteiger partial charge >= 0.3 is 23.1 Å². The number of allylic oxidation sites excluding steroid dienone is 2. The third kappa shape index (κ3) is 6.69. The number of hydrogen-bond donors (Lipinski definition) is 0. The van der Waals surface area contributed by atoms with Gasteiger partial charge in [0.1, 0.15) is 0 Å². The molecule has 0 bridgehead atoms. The van der Waals surface area contributed by atoms with Crippen LogP contribution in [0.1, 0.15) is 78.4 Å². The van der Waals surface area contributed by atoms with Gasteiger partial charge in [-0.3, -0.25) is 0 Å². The van der Waals surface area contributed by atoms with Gasteiger partial charge in [0.15, 0.2) is 0 Å². The molecule has 4 atom stereocenters. The summed E-state index contributed by atoms with van der Waals surface area (Å²) in [5, 5.41) is 22.8. The van der Waals surface area contributed by atoms with E-state index in [9.17, 15) is 19.8 Å². The van der Waals surface area contributed by atoms with E-state index in [1.165, 1.54) is 0 Å². The third-order valence-corrected chi connectivity index (χ3v) is 10.2. The first-order valence-corrected chi connectivity index (χ1v) is 13.6. The molecule has 5 heteroatoms. The maximum Gasteiger partial charge on any atom is 2.00 e. The van der Waals surface area contributed by atoms with Crippen molar-refractivity contribution in [1.82, 2.24) is 0 Å². The number of carbonyl (C=O) groups is 2. The summed E-state index contributed by atoms with van der Waals surface area (Å²) in [5.41, 5.74) is 0.270. The van der Waals surface area contributed by atoms with E-state index >= 15 is 0 Å². The van der Waals surface area contributed by atoms with Crippen LogP contribution in [0.2, 0.25) is 0 Å². The Hall–Kier alpha value is -2.37. The molecule has 0 aliphatic heterocycles. The van der Waals surface area contributed by atoms with Gasteiger partial charge in [0.2, 0.25) is 0 Å². The summed E-state index contributed by atoms with van der Waals surface area (Å²) in [5.74, 6) is -1.30. The smallest absolute Gasteiger partial charge is 0.550 e. The number of aliphatic carboxylic acids is 2. The van der Waals surface area contributed by atoms with Gasteiger partial charge in [0.25, 0.3) is 0 Å². The number of carboxylic acids is 2. The monoisotopic (exact) mass is 538 g/mol. The minimum Gasteiger partial charge on any atom is -0.550 e. The van der Waals surface area contributed by atoms with E-state index in [0.29, 0.717) is 12.8 Å². The van der Waals surface area contributed by atoms with Gasteiger partial charge in [0, 0.05) is 22.8 Å². The Bertz CT molecular complexity index is 1070. The standard InChI is InChI=1S/2C17H22O2.Mg/c2*1-16(2)14(11-12-17(16,3)15(18)19)10-9-13-7-5-4-6-8-13;/h2*4-10,14H,11-12H2,1-3H3,(H,18,19);/q;;+2/p-2. The van der Waals surface area contributed by atoms with Crippen LogP contribution in [-0.4, -0.2) is 35.0 Å². The van der Waals surface area contributed by atoms with Gasteiger partial charge in [-0.25, -0.2) is 0 Å². The third-order valence-electron chi connectivity index (χ3n) is 10.2. The normalized spacial score (nSPS) is 29.0. The summed E-state index contributed by atoms with van der Waals surface area (Å²) in [6, 6.07) is 20.2. The van der Waals surface area contributed by atoms with Crippen molar-refractivity contribution >= 4 is 47.1 Å². The zero-order valence-electron chi connectivity index (χ0n) is 24.4. The van der Waals surface area contributed by atoms with Crippen molar-refractivity contribution in [1.29, 1.82) is 0 Å². The molecule has 0 spiro atoms. The minimum absolute atomic E-state index is 0. The average Bonchev–Trinajstić information content (AvgIpc) is 3.26. The van der Waals surface area contributed by atoms with Gasteiger partial charge in [0.05, 0.1) is 0 Å². The van der Waals surface area contributed by atoms with Crippen LogP contribution >= 0.6 is 0 Å². The van der Waals surface area contributed by atoms with Crippen molar-refractivity contribution in [2.24, 2.45) is 33.5 Å². The molecule has 0 aromatic heterocycles. The van der Waals surface area contributed by atoms with Crippen molar-refractivity contribution in [2.45, 2.75) is 67.2 Å². The second kappa shape index (κ2) is 12.9. The van der Waals surface area contributed by atoms with Gasteiger partial charge in [-0.2, -0.15) is 0 Å². The summed E-state index contributed by atoms with van der Waals surface area (Å²) in [6.45, 7) is 11.8. The second-order valence-corrected chi connectivity index (χ2v) is 12.5. The predicted octanol–water partition coefficient (Wildman–Crippen LogP) is 5.40. The fraction of sp³-hybridized carbons (Fsp3) is 0.471. The Morgan fingerprint density at radius 1 is 0.641 bits per heavy atom. The van der Waals surface area contributed by atoms with Crippen LogP contribution in [0.15, 0.2) is 72.8 Å². The fourth-order valence-corrected chi connectivity index (χ4v) is 6.06. The van der Waals surface area contributed by atoms with Crippen molar-refractivity contribution < 1.29 is 19.8 Å². The second-order valence-electron chi connectivity index (χ2n) is 12.5. The largest absolute Gasteiger partial charge is 2.00 e. The fourth-order valence-electron chi connectivity index (χ4n) is 6.06. The first kappa shape index (κ1) is 32.8. The van der Waals surface area contributed by atoms with E-state index in [1.54, 1.807) is 0 Å². The Labute approximate surface area is 250 Å². The maximum atomic E-state index is 11.4. The number of rotatable bonds is 6. The molecule has 2 aliphatic carbocycles. The summed E-state index contributed by atoms with van der Waals surface area (Å²) in [7, 11) is 0. The molecule has 0 N–H and O–H groups in total. The first-order chi connectivity index (χ1) is 17.8. The van der Waals surface area contributed by atoms with E-state index in [0.717, 1.165) is 24.0 Å². The van der Waals surface area contributed by atoms with E-state index in [1.807, 2.05) is 77.9 Å². The molecular formula is C34H42MgO4. The molecule has 2 aromatic rings. The van der Waals surface area contributed by atoms with Crippen LogP contribution in [0.25, 0.3) is 12.2 Å². The van der Waals surface area contributed by atoms with E-state index in [-0.39, 0.29) is 45.7 Å². The van der Waals surface area contributed by atoms with Crippen LogP contribution in [0.4, 0.5) is 0 Å². The van der Waals surface area contributed by atoms with E-state index < -0.39 is 22.8 Å². The van der Waals surface area contributed by atoms with Gasteiger partial charge in [-0.15, -0.1) is 0 Å². The Kier molecular flexibility index (Phi) is 10.8. The first-order valence-electron chi connectivity index (χ1n) is 13.6. The Balaban J connectivity index is 0.000000267. The topological polar surface area (TPSA) is 80.3 Å². The number of carboxylic acid groups (broad SMARTS) is 2. The van der Waals surface area contributed by atoms with Gasteiger partial charge in [-0.05, 0) is 59.5 Å². The SMILES string of the molecule is CC1(C(=O)[O-])CCC(C=Cc2ccccc2)C1(C)C.CC1(C(=O)[O-])CCC(C=Cc2ccccc2)C1(C)C.[Mg+2]. The van der Waals surface area contributed by atoms with Crippen LogP contribution < -0.4 is 10.2 Å². The zero-order chi connectivity index (χ0) is 28.2. The summed E-state index contributed by atoms with van der Waals surface area (Å²) in [6.07, 6.45) is 11.7. The van der Waals surface area contributed by atoms with Crippen molar-refractivity contribution in [2.75, 3.05) is 0 Å². The molecule has 4 unspecified atom stereocenters. The quantitative estimate of drug-likeness (QED) is 0.461. The van der Waals surface area contributed by atoms with Crippen molar-refractivity contribution in [3.63, 3.8) is 0 Å². The van der Waals surface area contributed by atoms with Crippen molar-refractivity contribution in [3.05, 3.63) is 83.9 Å². The maximum absolute atomic E-state index is 11.4. The zero-order valence-corrected chi connectivity index (χ0v) is 25.8. The molecule has 0 heterocycles. The average molecular weight is 539 g/mol. The van der Waals surface area contributed by atoms with Crippen LogP contribution in [0, 0.1) is 33.5 Å². The van der Waals surface area contributed by atoms with Crippen LogP contribution in [0.5, 0.6) is 0 Å². The Morgan fingerprint density at radius 3 is 1.21 bits per heavy atom. The predicted molar refractivity (Wildman–Crippen MR) is 156 cm³/mol. The van der Waals surface area contributed by atoms with Gasteiger partial charge in [-0.1, -0.05) is 127 Å². The number of benzene rings is 2. The number of hydrogen-bond acceptors (Lipinski definition) is 4. The molecule has 2 aromatic carbocycles. The molecule has 2 saturated carbocycles. The van der Waals surface area contributed by atoms with Crippen LogP contribution in [0.3, 0.4) is 0 Å². The molecule has 204 valence electrons. The Morgan fingerprint density at radius 2 is 0.949 bits per heavy atom. The van der Waals surface area contributed by atoms with E-state index in [4.69, 9.17) is 0 Å². The minimum atomic E-state index is -0.923. The van der Waals surface area contributed by atoms with Crippen molar-refractivity contribution in [3.8, 4) is 0 Å². The molecule has 2 aliphatic rings. The number of carbonyl (C=O) groups excluding carboxylic acids is 2. The van der Waals surface area contributed by atoms with E-state index in [2.05, 4.69) is 48.6 Å². The molecule has 39 heavy (non-hydrogen) atoms.